The average molecular weight is 293 g/mol. The van der Waals surface area contributed by atoms with E-state index in [4.69, 9.17) is 0 Å². The molecular weight excluding hydrogens is 266 g/mol. The summed E-state index contributed by atoms with van der Waals surface area (Å²) in [7, 11) is 0. The number of rotatable bonds is 9. The van der Waals surface area contributed by atoms with Gasteiger partial charge in [0.2, 0.25) is 5.91 Å². The van der Waals surface area contributed by atoms with Crippen molar-refractivity contribution in [3.8, 4) is 0 Å². The number of anilines is 2. The maximum atomic E-state index is 12.1. The van der Waals surface area contributed by atoms with Gasteiger partial charge in [-0.1, -0.05) is 13.3 Å². The molecule has 0 aliphatic carbocycles. The number of nitrogens with zero attached hydrogens (tertiary/aromatic N) is 3. The largest absolute Gasteiger partial charge is 0.370 e. The summed E-state index contributed by atoms with van der Waals surface area (Å²) in [6, 6.07) is 0. The van der Waals surface area contributed by atoms with Crippen LogP contribution in [-0.4, -0.2) is 47.0 Å². The van der Waals surface area contributed by atoms with E-state index in [-0.39, 0.29) is 12.5 Å². The quantitative estimate of drug-likeness (QED) is 0.730. The number of carbonyl (C=O) groups is 1. The molecule has 0 aliphatic heterocycles. The van der Waals surface area contributed by atoms with Gasteiger partial charge in [-0.25, -0.2) is 9.97 Å². The van der Waals surface area contributed by atoms with Crippen molar-refractivity contribution < 1.29 is 4.79 Å². The summed E-state index contributed by atoms with van der Waals surface area (Å²) in [6.07, 6.45) is 3.41. The molecule has 0 aromatic carbocycles. The Balaban J connectivity index is 2.82. The van der Waals surface area contributed by atoms with Crippen molar-refractivity contribution in [1.29, 1.82) is 0 Å². The Labute approximate surface area is 127 Å². The van der Waals surface area contributed by atoms with E-state index in [1.54, 1.807) is 4.90 Å². The molecule has 2 N–H and O–H groups in total. The van der Waals surface area contributed by atoms with Crippen LogP contribution in [0.2, 0.25) is 0 Å². The molecule has 0 spiro atoms. The van der Waals surface area contributed by atoms with Crippen LogP contribution < -0.4 is 10.6 Å². The maximum Gasteiger partial charge on any atom is 0.241 e. The Morgan fingerprint density at radius 3 is 2.24 bits per heavy atom. The fraction of sp³-hybridized carbons (Fsp3) is 0.667. The summed E-state index contributed by atoms with van der Waals surface area (Å²) in [4.78, 5) is 22.4. The first-order chi connectivity index (χ1) is 10.2. The molecule has 1 amide bonds. The van der Waals surface area contributed by atoms with Gasteiger partial charge in [-0.3, -0.25) is 4.79 Å². The first-order valence-electron chi connectivity index (χ1n) is 7.77. The van der Waals surface area contributed by atoms with Crippen molar-refractivity contribution in [2.45, 2.75) is 40.5 Å². The molecule has 0 radical (unpaired) electrons. The molecule has 0 bridgehead atoms. The number of hydrogen-bond acceptors (Lipinski definition) is 5. The lowest BCUT2D eigenvalue weighted by Gasteiger charge is -2.20. The Morgan fingerprint density at radius 1 is 1.10 bits per heavy atom. The first kappa shape index (κ1) is 17.2. The highest BCUT2D eigenvalue weighted by Crippen LogP contribution is 2.21. The van der Waals surface area contributed by atoms with Gasteiger partial charge in [0, 0.05) is 25.2 Å². The lowest BCUT2D eigenvalue weighted by molar-refractivity contribution is -0.128. The third-order valence-corrected chi connectivity index (χ3v) is 3.31. The third kappa shape index (κ3) is 4.88. The highest BCUT2D eigenvalue weighted by atomic mass is 16.2. The van der Waals surface area contributed by atoms with Crippen LogP contribution in [0, 0.1) is 0 Å². The van der Waals surface area contributed by atoms with Crippen LogP contribution >= 0.6 is 0 Å². The number of amides is 1. The number of nitrogens with one attached hydrogen (secondary N) is 2. The molecule has 0 unspecified atom stereocenters. The van der Waals surface area contributed by atoms with Crippen LogP contribution in [0.15, 0.2) is 6.33 Å². The molecule has 1 heterocycles. The standard InChI is InChI=1S/C15H27N5O/c1-5-9-12-14(16-6-2)18-11-19-15(12)17-10-13(21)20(7-3)8-4/h11H,5-10H2,1-4H3,(H2,16,17,18,19). The summed E-state index contributed by atoms with van der Waals surface area (Å²) in [6.45, 7) is 10.7. The number of likely N-dealkylation sites (N-methyl/N-ethyl adjacent to an activating group) is 1. The zero-order valence-corrected chi connectivity index (χ0v) is 13.6. The molecular formula is C15H27N5O. The van der Waals surface area contributed by atoms with Crippen molar-refractivity contribution in [3.05, 3.63) is 11.9 Å². The lowest BCUT2D eigenvalue weighted by atomic mass is 10.1. The van der Waals surface area contributed by atoms with E-state index in [2.05, 4.69) is 27.5 Å². The second-order valence-electron chi connectivity index (χ2n) is 4.75. The van der Waals surface area contributed by atoms with Gasteiger partial charge in [0.15, 0.2) is 0 Å². The van der Waals surface area contributed by atoms with Gasteiger partial charge < -0.3 is 15.5 Å². The van der Waals surface area contributed by atoms with E-state index in [0.29, 0.717) is 0 Å². The van der Waals surface area contributed by atoms with Gasteiger partial charge >= 0.3 is 0 Å². The molecule has 0 saturated carbocycles. The Morgan fingerprint density at radius 2 is 1.71 bits per heavy atom. The molecule has 1 aromatic rings. The number of carbonyl (C=O) groups excluding carboxylic acids is 1. The van der Waals surface area contributed by atoms with Crippen molar-refractivity contribution in [3.63, 3.8) is 0 Å². The van der Waals surface area contributed by atoms with Gasteiger partial charge in [-0.15, -0.1) is 0 Å². The zero-order chi connectivity index (χ0) is 15.7. The highest BCUT2D eigenvalue weighted by molar-refractivity contribution is 5.81. The molecule has 0 aliphatic rings. The molecule has 0 atom stereocenters. The van der Waals surface area contributed by atoms with E-state index in [9.17, 15) is 4.79 Å². The molecule has 6 heteroatoms. The number of aromatic nitrogens is 2. The van der Waals surface area contributed by atoms with Crippen LogP contribution in [0.1, 0.15) is 39.7 Å². The Hall–Kier alpha value is -1.85. The molecule has 0 fully saturated rings. The molecule has 21 heavy (non-hydrogen) atoms. The molecule has 1 rings (SSSR count). The minimum absolute atomic E-state index is 0.0889. The summed E-state index contributed by atoms with van der Waals surface area (Å²) in [5.41, 5.74) is 1.05. The minimum atomic E-state index is 0.0889. The Bertz CT molecular complexity index is 446. The van der Waals surface area contributed by atoms with Gasteiger partial charge in [-0.2, -0.15) is 0 Å². The van der Waals surface area contributed by atoms with Crippen LogP contribution in [0.3, 0.4) is 0 Å². The second-order valence-corrected chi connectivity index (χ2v) is 4.75. The number of hydrogen-bond donors (Lipinski definition) is 2. The Kier molecular flexibility index (Phi) is 7.50. The zero-order valence-electron chi connectivity index (χ0n) is 13.6. The highest BCUT2D eigenvalue weighted by Gasteiger charge is 2.13. The van der Waals surface area contributed by atoms with E-state index in [1.165, 1.54) is 6.33 Å². The topological polar surface area (TPSA) is 70.1 Å². The summed E-state index contributed by atoms with van der Waals surface area (Å²) in [5.74, 6) is 1.70. The van der Waals surface area contributed by atoms with Crippen LogP contribution in [0.4, 0.5) is 11.6 Å². The smallest absolute Gasteiger partial charge is 0.241 e. The van der Waals surface area contributed by atoms with E-state index < -0.39 is 0 Å². The van der Waals surface area contributed by atoms with Crippen LogP contribution in [0.5, 0.6) is 0 Å². The van der Waals surface area contributed by atoms with Crippen molar-refractivity contribution >= 4 is 17.5 Å². The molecule has 118 valence electrons. The fourth-order valence-corrected chi connectivity index (χ4v) is 2.22. The van der Waals surface area contributed by atoms with Crippen molar-refractivity contribution in [2.24, 2.45) is 0 Å². The maximum absolute atomic E-state index is 12.1. The molecule has 6 nitrogen and oxygen atoms in total. The minimum Gasteiger partial charge on any atom is -0.370 e. The van der Waals surface area contributed by atoms with Gasteiger partial charge in [0.25, 0.3) is 0 Å². The van der Waals surface area contributed by atoms with E-state index >= 15 is 0 Å². The van der Waals surface area contributed by atoms with E-state index in [1.807, 2.05) is 20.8 Å². The van der Waals surface area contributed by atoms with Crippen LogP contribution in [0.25, 0.3) is 0 Å². The SMILES string of the molecule is CCCc1c(NCC)ncnc1NCC(=O)N(CC)CC. The van der Waals surface area contributed by atoms with Crippen LogP contribution in [-0.2, 0) is 11.2 Å². The van der Waals surface area contributed by atoms with Gasteiger partial charge in [-0.05, 0) is 27.2 Å². The summed E-state index contributed by atoms with van der Waals surface area (Å²) < 4.78 is 0. The average Bonchev–Trinajstić information content (AvgIpc) is 2.49. The normalized spacial score (nSPS) is 10.3. The third-order valence-electron chi connectivity index (χ3n) is 3.31. The first-order valence-corrected chi connectivity index (χ1v) is 7.77. The van der Waals surface area contributed by atoms with Crippen molar-refractivity contribution in [1.82, 2.24) is 14.9 Å². The van der Waals surface area contributed by atoms with E-state index in [0.717, 1.165) is 49.7 Å². The second kappa shape index (κ2) is 9.15. The van der Waals surface area contributed by atoms with Crippen molar-refractivity contribution in [2.75, 3.05) is 36.8 Å². The fourth-order valence-electron chi connectivity index (χ4n) is 2.22. The summed E-state index contributed by atoms with van der Waals surface area (Å²) in [5, 5.41) is 6.41. The van der Waals surface area contributed by atoms with Gasteiger partial charge in [0.05, 0.1) is 6.54 Å². The molecule has 0 saturated heterocycles. The summed E-state index contributed by atoms with van der Waals surface area (Å²) >= 11 is 0. The molecule has 1 aromatic heterocycles. The lowest BCUT2D eigenvalue weighted by Crippen LogP contribution is -2.35. The monoisotopic (exact) mass is 293 g/mol. The van der Waals surface area contributed by atoms with Gasteiger partial charge in [0.1, 0.15) is 18.0 Å². The predicted octanol–water partition coefficient (Wildman–Crippen LogP) is 2.14. The predicted molar refractivity (Wildman–Crippen MR) is 86.6 cm³/mol.